The van der Waals surface area contributed by atoms with E-state index in [2.05, 4.69) is 26.5 Å². The van der Waals surface area contributed by atoms with Crippen molar-refractivity contribution in [3.63, 3.8) is 0 Å². The SMILES string of the molecule is CCC(CC=NC=NC1CC2CCC1C2)n1ccnc1.Cl.Cl. The summed E-state index contributed by atoms with van der Waals surface area (Å²) in [6.45, 7) is 2.20. The third kappa shape index (κ3) is 4.56. The highest BCUT2D eigenvalue weighted by atomic mass is 35.5. The lowest BCUT2D eigenvalue weighted by atomic mass is 9.96. The van der Waals surface area contributed by atoms with Crippen LogP contribution in [0.15, 0.2) is 28.7 Å². The van der Waals surface area contributed by atoms with Crippen LogP contribution in [-0.2, 0) is 0 Å². The lowest BCUT2D eigenvalue weighted by Gasteiger charge is -2.16. The van der Waals surface area contributed by atoms with Gasteiger partial charge in [-0.05, 0) is 37.5 Å². The van der Waals surface area contributed by atoms with E-state index in [1.165, 1.54) is 25.7 Å². The molecular formula is C16H26Cl2N4. The van der Waals surface area contributed by atoms with Crippen LogP contribution in [0.25, 0.3) is 0 Å². The van der Waals surface area contributed by atoms with Crippen molar-refractivity contribution < 1.29 is 0 Å². The first kappa shape index (κ1) is 19.2. The Labute approximate surface area is 145 Å². The lowest BCUT2D eigenvalue weighted by Crippen LogP contribution is -2.13. The smallest absolute Gasteiger partial charge is 0.109 e. The van der Waals surface area contributed by atoms with E-state index in [4.69, 9.17) is 0 Å². The Morgan fingerprint density at radius 2 is 2.18 bits per heavy atom. The van der Waals surface area contributed by atoms with Crippen molar-refractivity contribution in [3.8, 4) is 0 Å². The molecule has 4 nitrogen and oxygen atoms in total. The van der Waals surface area contributed by atoms with Crippen molar-refractivity contribution in [2.45, 2.75) is 57.5 Å². The summed E-state index contributed by atoms with van der Waals surface area (Å²) in [7, 11) is 0. The van der Waals surface area contributed by atoms with Gasteiger partial charge in [-0.1, -0.05) is 13.3 Å². The van der Waals surface area contributed by atoms with E-state index in [9.17, 15) is 0 Å². The maximum absolute atomic E-state index is 4.65. The zero-order chi connectivity index (χ0) is 13.8. The number of hydrogen-bond acceptors (Lipinski definition) is 2. The summed E-state index contributed by atoms with van der Waals surface area (Å²) in [5.74, 6) is 1.80. The van der Waals surface area contributed by atoms with Crippen molar-refractivity contribution in [2.75, 3.05) is 0 Å². The second-order valence-corrected chi connectivity index (χ2v) is 6.15. The van der Waals surface area contributed by atoms with Crippen LogP contribution in [0, 0.1) is 11.8 Å². The third-order valence-electron chi connectivity index (χ3n) is 4.93. The van der Waals surface area contributed by atoms with E-state index in [0.29, 0.717) is 12.1 Å². The molecule has 3 rings (SSSR count). The maximum Gasteiger partial charge on any atom is 0.109 e. The summed E-state index contributed by atoms with van der Waals surface area (Å²) in [5.41, 5.74) is 0. The van der Waals surface area contributed by atoms with E-state index in [0.717, 1.165) is 24.7 Å². The molecule has 2 fully saturated rings. The standard InChI is InChI=1S/C16H24N4.2ClH/c1-2-15(20-8-7-18-12-20)5-6-17-11-19-16-10-13-3-4-14(16)9-13;;/h6-8,11-16H,2-5,9-10H2,1H3;2*1H. The van der Waals surface area contributed by atoms with Crippen molar-refractivity contribution in [1.29, 1.82) is 0 Å². The van der Waals surface area contributed by atoms with Crippen molar-refractivity contribution in [3.05, 3.63) is 18.7 Å². The Hall–Kier alpha value is -0.870. The highest BCUT2D eigenvalue weighted by Gasteiger charge is 2.38. The molecule has 1 aromatic rings. The minimum Gasteiger partial charge on any atom is -0.334 e. The molecule has 0 N–H and O–H groups in total. The molecule has 124 valence electrons. The van der Waals surface area contributed by atoms with E-state index in [1.54, 1.807) is 6.34 Å². The van der Waals surface area contributed by atoms with Crippen LogP contribution < -0.4 is 0 Å². The van der Waals surface area contributed by atoms with Crippen molar-refractivity contribution in [1.82, 2.24) is 9.55 Å². The number of halogens is 2. The Bertz CT molecular complexity index is 473. The highest BCUT2D eigenvalue weighted by molar-refractivity contribution is 5.85. The van der Waals surface area contributed by atoms with Crippen LogP contribution in [0.1, 0.15) is 51.5 Å². The van der Waals surface area contributed by atoms with Gasteiger partial charge in [-0.3, -0.25) is 4.99 Å². The van der Waals surface area contributed by atoms with Gasteiger partial charge < -0.3 is 4.57 Å². The first-order valence-electron chi connectivity index (χ1n) is 7.87. The first-order chi connectivity index (χ1) is 9.86. The van der Waals surface area contributed by atoms with Crippen LogP contribution in [0.2, 0.25) is 0 Å². The maximum atomic E-state index is 4.65. The average Bonchev–Trinajstić information content (AvgIpc) is 3.19. The van der Waals surface area contributed by atoms with E-state index < -0.39 is 0 Å². The molecule has 0 spiro atoms. The van der Waals surface area contributed by atoms with Crippen molar-refractivity contribution in [2.24, 2.45) is 21.8 Å². The predicted molar refractivity (Wildman–Crippen MR) is 96.9 cm³/mol. The number of nitrogens with zero attached hydrogens (tertiary/aromatic N) is 4. The number of hydrogen-bond donors (Lipinski definition) is 0. The molecule has 0 saturated heterocycles. The Morgan fingerprint density at radius 3 is 2.77 bits per heavy atom. The molecular weight excluding hydrogens is 319 g/mol. The number of imidazole rings is 1. The summed E-state index contributed by atoms with van der Waals surface area (Å²) < 4.78 is 2.15. The van der Waals surface area contributed by atoms with Crippen LogP contribution in [0.5, 0.6) is 0 Å². The van der Waals surface area contributed by atoms with Gasteiger partial charge in [-0.15, -0.1) is 24.8 Å². The molecule has 1 heterocycles. The van der Waals surface area contributed by atoms with Gasteiger partial charge in [-0.25, -0.2) is 9.98 Å². The second-order valence-electron chi connectivity index (χ2n) is 6.15. The lowest BCUT2D eigenvalue weighted by molar-refractivity contribution is 0.421. The van der Waals surface area contributed by atoms with Gasteiger partial charge in [0.05, 0.1) is 12.4 Å². The molecule has 2 aliphatic carbocycles. The van der Waals surface area contributed by atoms with Gasteiger partial charge in [0.1, 0.15) is 6.34 Å². The third-order valence-corrected chi connectivity index (χ3v) is 4.93. The van der Waals surface area contributed by atoms with Gasteiger partial charge in [0, 0.05) is 31.1 Å². The van der Waals surface area contributed by atoms with E-state index >= 15 is 0 Å². The predicted octanol–water partition coefficient (Wildman–Crippen LogP) is 4.36. The van der Waals surface area contributed by atoms with Crippen LogP contribution in [0.3, 0.4) is 0 Å². The first-order valence-corrected chi connectivity index (χ1v) is 7.87. The quantitative estimate of drug-likeness (QED) is 0.558. The van der Waals surface area contributed by atoms with Crippen LogP contribution in [-0.4, -0.2) is 28.1 Å². The Balaban J connectivity index is 0.00000121. The van der Waals surface area contributed by atoms with Gasteiger partial charge in [0.25, 0.3) is 0 Å². The highest BCUT2D eigenvalue weighted by Crippen LogP contribution is 2.45. The molecule has 2 aliphatic rings. The normalized spacial score (nSPS) is 28.0. The summed E-state index contributed by atoms with van der Waals surface area (Å²) in [6, 6.07) is 1.01. The van der Waals surface area contributed by atoms with Gasteiger partial charge in [0.2, 0.25) is 0 Å². The minimum atomic E-state index is 0. The fraction of sp³-hybridized carbons (Fsp3) is 0.688. The zero-order valence-electron chi connectivity index (χ0n) is 13.0. The molecule has 22 heavy (non-hydrogen) atoms. The van der Waals surface area contributed by atoms with Gasteiger partial charge in [-0.2, -0.15) is 0 Å². The summed E-state index contributed by atoms with van der Waals surface area (Å²) in [4.78, 5) is 13.1. The van der Waals surface area contributed by atoms with Crippen LogP contribution >= 0.6 is 24.8 Å². The molecule has 2 bridgehead atoms. The molecule has 4 unspecified atom stereocenters. The topological polar surface area (TPSA) is 42.5 Å². The fourth-order valence-corrected chi connectivity index (χ4v) is 3.73. The molecule has 0 amide bonds. The Morgan fingerprint density at radius 1 is 1.32 bits per heavy atom. The van der Waals surface area contributed by atoms with Crippen LogP contribution in [0.4, 0.5) is 0 Å². The van der Waals surface area contributed by atoms with Gasteiger partial charge in [0.15, 0.2) is 0 Å². The molecule has 2 saturated carbocycles. The average molecular weight is 345 g/mol. The summed E-state index contributed by atoms with van der Waals surface area (Å²) in [5, 5.41) is 0. The number of aromatic nitrogens is 2. The largest absolute Gasteiger partial charge is 0.334 e. The number of aliphatic imine (C=N–C) groups is 2. The molecule has 0 aromatic carbocycles. The Kier molecular flexibility index (Phi) is 8.12. The van der Waals surface area contributed by atoms with Crippen molar-refractivity contribution >= 4 is 37.4 Å². The zero-order valence-corrected chi connectivity index (χ0v) is 14.7. The van der Waals surface area contributed by atoms with E-state index in [1.807, 2.05) is 24.9 Å². The molecule has 0 radical (unpaired) electrons. The van der Waals surface area contributed by atoms with E-state index in [-0.39, 0.29) is 24.8 Å². The molecule has 1 aromatic heterocycles. The molecule has 0 aliphatic heterocycles. The monoisotopic (exact) mass is 344 g/mol. The minimum absolute atomic E-state index is 0. The second kappa shape index (κ2) is 9.31. The van der Waals surface area contributed by atoms with Gasteiger partial charge >= 0.3 is 0 Å². The molecule has 6 heteroatoms. The number of rotatable bonds is 6. The number of fused-ring (bicyclic) bond motifs is 2. The molecule has 4 atom stereocenters. The summed E-state index contributed by atoms with van der Waals surface area (Å²) >= 11 is 0. The fourth-order valence-electron chi connectivity index (χ4n) is 3.73. The summed E-state index contributed by atoms with van der Waals surface area (Å²) in [6.07, 6.45) is 17.1.